The summed E-state index contributed by atoms with van der Waals surface area (Å²) in [7, 11) is 0. The lowest BCUT2D eigenvalue weighted by atomic mass is 10.2. The SMILES string of the molecule is CCN(CC)c1ccc(C=NN=C2SCC(=O)N2c2ccc(C)cc2)cc1. The van der Waals surface area contributed by atoms with E-state index in [0.717, 1.165) is 29.9 Å². The van der Waals surface area contributed by atoms with Crippen LogP contribution >= 0.6 is 11.8 Å². The van der Waals surface area contributed by atoms with Gasteiger partial charge in [-0.15, -0.1) is 5.10 Å². The van der Waals surface area contributed by atoms with E-state index in [9.17, 15) is 4.79 Å². The van der Waals surface area contributed by atoms with Crippen LogP contribution < -0.4 is 9.80 Å². The molecule has 1 heterocycles. The molecule has 1 aliphatic heterocycles. The number of thioether (sulfide) groups is 1. The molecule has 0 aromatic heterocycles. The highest BCUT2D eigenvalue weighted by atomic mass is 32.2. The van der Waals surface area contributed by atoms with Crippen molar-refractivity contribution in [2.75, 3.05) is 28.6 Å². The molecule has 0 saturated carbocycles. The van der Waals surface area contributed by atoms with Crippen LogP contribution in [0.4, 0.5) is 11.4 Å². The first kappa shape index (κ1) is 19.2. The second kappa shape index (κ2) is 8.86. The molecular formula is C21H24N4OS. The number of carbonyl (C=O) groups excluding carboxylic acids is 1. The van der Waals surface area contributed by atoms with E-state index in [1.165, 1.54) is 17.4 Å². The summed E-state index contributed by atoms with van der Waals surface area (Å²) in [5, 5.41) is 9.09. The van der Waals surface area contributed by atoms with Crippen molar-refractivity contribution in [3.05, 3.63) is 59.7 Å². The fourth-order valence-corrected chi connectivity index (χ4v) is 3.71. The summed E-state index contributed by atoms with van der Waals surface area (Å²) < 4.78 is 0. The highest BCUT2D eigenvalue weighted by Gasteiger charge is 2.29. The maximum absolute atomic E-state index is 12.2. The van der Waals surface area contributed by atoms with Crippen molar-refractivity contribution >= 4 is 40.4 Å². The van der Waals surface area contributed by atoms with Crippen molar-refractivity contribution in [2.24, 2.45) is 10.2 Å². The molecule has 1 saturated heterocycles. The Balaban J connectivity index is 1.74. The van der Waals surface area contributed by atoms with Crippen molar-refractivity contribution in [3.63, 3.8) is 0 Å². The number of amidine groups is 1. The van der Waals surface area contributed by atoms with E-state index in [1.54, 1.807) is 11.1 Å². The van der Waals surface area contributed by atoms with Gasteiger partial charge >= 0.3 is 0 Å². The zero-order valence-corrected chi connectivity index (χ0v) is 16.7. The molecular weight excluding hydrogens is 356 g/mol. The number of hydrogen-bond acceptors (Lipinski definition) is 5. The van der Waals surface area contributed by atoms with Crippen LogP contribution in [0.25, 0.3) is 0 Å². The van der Waals surface area contributed by atoms with Crippen LogP contribution in [0.3, 0.4) is 0 Å². The first-order valence-electron chi connectivity index (χ1n) is 9.10. The Morgan fingerprint density at radius 2 is 1.74 bits per heavy atom. The lowest BCUT2D eigenvalue weighted by molar-refractivity contribution is -0.115. The minimum Gasteiger partial charge on any atom is -0.372 e. The minimum absolute atomic E-state index is 0.0291. The summed E-state index contributed by atoms with van der Waals surface area (Å²) in [6.45, 7) is 8.29. The first-order valence-corrected chi connectivity index (χ1v) is 10.1. The highest BCUT2D eigenvalue weighted by Crippen LogP contribution is 2.27. The van der Waals surface area contributed by atoms with Gasteiger partial charge in [-0.3, -0.25) is 9.69 Å². The van der Waals surface area contributed by atoms with Crippen molar-refractivity contribution in [2.45, 2.75) is 20.8 Å². The van der Waals surface area contributed by atoms with Gasteiger partial charge in [-0.1, -0.05) is 41.6 Å². The van der Waals surface area contributed by atoms with E-state index in [1.807, 2.05) is 43.3 Å². The fourth-order valence-electron chi connectivity index (χ4n) is 2.89. The topological polar surface area (TPSA) is 48.3 Å². The van der Waals surface area contributed by atoms with E-state index < -0.39 is 0 Å². The molecule has 0 bridgehead atoms. The van der Waals surface area contributed by atoms with Gasteiger partial charge in [0.15, 0.2) is 5.17 Å². The van der Waals surface area contributed by atoms with E-state index >= 15 is 0 Å². The molecule has 27 heavy (non-hydrogen) atoms. The monoisotopic (exact) mass is 380 g/mol. The molecule has 2 aromatic carbocycles. The molecule has 140 valence electrons. The van der Waals surface area contributed by atoms with Crippen LogP contribution in [0.15, 0.2) is 58.7 Å². The summed E-state index contributed by atoms with van der Waals surface area (Å²) in [5.41, 5.74) is 4.16. The van der Waals surface area contributed by atoms with E-state index in [0.29, 0.717) is 10.9 Å². The number of rotatable bonds is 6. The zero-order valence-electron chi connectivity index (χ0n) is 15.9. The molecule has 3 rings (SSSR count). The Bertz CT molecular complexity index is 839. The third-order valence-corrected chi connectivity index (χ3v) is 5.34. The predicted octanol–water partition coefficient (Wildman–Crippen LogP) is 4.31. The summed E-state index contributed by atoms with van der Waals surface area (Å²) in [6.07, 6.45) is 1.72. The molecule has 1 aliphatic rings. The first-order chi connectivity index (χ1) is 13.1. The smallest absolute Gasteiger partial charge is 0.243 e. The quantitative estimate of drug-likeness (QED) is 0.554. The zero-order chi connectivity index (χ0) is 19.2. The molecule has 0 radical (unpaired) electrons. The summed E-state index contributed by atoms with van der Waals surface area (Å²) in [5.74, 6) is 0.419. The lowest BCUT2D eigenvalue weighted by Crippen LogP contribution is -2.28. The van der Waals surface area contributed by atoms with Gasteiger partial charge in [0.2, 0.25) is 5.91 Å². The standard InChI is InChI=1S/C21H24N4OS/c1-4-24(5-2)18-12-8-17(9-13-18)14-22-23-21-25(20(26)15-27-21)19-10-6-16(3)7-11-19/h6-14H,4-5,15H2,1-3H3. The van der Waals surface area contributed by atoms with Gasteiger partial charge in [-0.05, 0) is 50.6 Å². The van der Waals surface area contributed by atoms with Crippen LogP contribution in [0.1, 0.15) is 25.0 Å². The Kier molecular flexibility index (Phi) is 6.29. The second-order valence-corrected chi connectivity index (χ2v) is 7.19. The minimum atomic E-state index is 0.0291. The highest BCUT2D eigenvalue weighted by molar-refractivity contribution is 8.15. The summed E-state index contributed by atoms with van der Waals surface area (Å²) >= 11 is 1.41. The van der Waals surface area contributed by atoms with E-state index in [2.05, 4.69) is 41.1 Å². The van der Waals surface area contributed by atoms with Crippen molar-refractivity contribution in [3.8, 4) is 0 Å². The van der Waals surface area contributed by atoms with Gasteiger partial charge < -0.3 is 4.90 Å². The van der Waals surface area contributed by atoms with Crippen LogP contribution in [-0.4, -0.2) is 36.1 Å². The largest absolute Gasteiger partial charge is 0.372 e. The van der Waals surface area contributed by atoms with Crippen LogP contribution in [-0.2, 0) is 4.79 Å². The number of aryl methyl sites for hydroxylation is 1. The molecule has 0 N–H and O–H groups in total. The molecule has 2 aromatic rings. The molecule has 0 spiro atoms. The molecule has 1 fully saturated rings. The molecule has 0 unspecified atom stereocenters. The summed E-state index contributed by atoms with van der Waals surface area (Å²) in [6, 6.07) is 16.1. The van der Waals surface area contributed by atoms with Gasteiger partial charge in [-0.25, -0.2) is 0 Å². The fraction of sp³-hybridized carbons (Fsp3) is 0.286. The van der Waals surface area contributed by atoms with Crippen LogP contribution in [0, 0.1) is 6.92 Å². The number of amides is 1. The second-order valence-electron chi connectivity index (χ2n) is 6.24. The van der Waals surface area contributed by atoms with Gasteiger partial charge in [0, 0.05) is 18.8 Å². The molecule has 0 atom stereocenters. The average Bonchev–Trinajstić information content (AvgIpc) is 3.05. The molecule has 5 nitrogen and oxygen atoms in total. The third kappa shape index (κ3) is 4.57. The number of benzene rings is 2. The summed E-state index contributed by atoms with van der Waals surface area (Å²) in [4.78, 5) is 16.2. The molecule has 6 heteroatoms. The Labute approximate surface area is 164 Å². The number of hydrogen-bond donors (Lipinski definition) is 0. The van der Waals surface area contributed by atoms with Gasteiger partial charge in [-0.2, -0.15) is 5.10 Å². The van der Waals surface area contributed by atoms with Crippen molar-refractivity contribution in [1.82, 2.24) is 0 Å². The normalized spacial score (nSPS) is 15.9. The number of carbonyl (C=O) groups is 1. The van der Waals surface area contributed by atoms with E-state index in [4.69, 9.17) is 0 Å². The van der Waals surface area contributed by atoms with Gasteiger partial charge in [0.25, 0.3) is 0 Å². The maximum Gasteiger partial charge on any atom is 0.243 e. The Morgan fingerprint density at radius 1 is 1.07 bits per heavy atom. The predicted molar refractivity (Wildman–Crippen MR) is 116 cm³/mol. The van der Waals surface area contributed by atoms with Crippen LogP contribution in [0.5, 0.6) is 0 Å². The van der Waals surface area contributed by atoms with Crippen molar-refractivity contribution in [1.29, 1.82) is 0 Å². The number of nitrogens with zero attached hydrogens (tertiary/aromatic N) is 4. The number of anilines is 2. The van der Waals surface area contributed by atoms with Gasteiger partial charge in [0.1, 0.15) is 0 Å². The maximum atomic E-state index is 12.2. The van der Waals surface area contributed by atoms with Gasteiger partial charge in [0.05, 0.1) is 17.7 Å². The van der Waals surface area contributed by atoms with E-state index in [-0.39, 0.29) is 5.91 Å². The van der Waals surface area contributed by atoms with Crippen LogP contribution in [0.2, 0.25) is 0 Å². The molecule has 1 amide bonds. The molecule has 0 aliphatic carbocycles. The Morgan fingerprint density at radius 3 is 2.37 bits per heavy atom. The lowest BCUT2D eigenvalue weighted by Gasteiger charge is -2.20. The Hall–Kier alpha value is -2.60. The average molecular weight is 381 g/mol. The third-order valence-electron chi connectivity index (χ3n) is 4.43. The van der Waals surface area contributed by atoms with Crippen molar-refractivity contribution < 1.29 is 4.79 Å².